The lowest BCUT2D eigenvalue weighted by Crippen LogP contribution is -1.94. The Kier molecular flexibility index (Phi) is 2.42. The molecule has 0 aliphatic rings. The molecule has 0 radical (unpaired) electrons. The van der Waals surface area contributed by atoms with Crippen LogP contribution >= 0.6 is 0 Å². The van der Waals surface area contributed by atoms with Crippen LogP contribution in [0.15, 0.2) is 30.3 Å². The van der Waals surface area contributed by atoms with Crippen LogP contribution in [-0.4, -0.2) is 5.26 Å². The molecule has 2 heteroatoms. The Morgan fingerprint density at radius 2 is 1.90 bits per heavy atom. The Morgan fingerprint density at radius 3 is 2.40 bits per heavy atom. The molecule has 1 N–H and O–H groups in total. The standard InChI is InChI=1S/C8H10O2/c1-7(10-9)8-5-3-2-4-6-8/h2-7,9H,1H3. The predicted octanol–water partition coefficient (Wildman–Crippen LogP) is 2.24. The quantitative estimate of drug-likeness (QED) is 0.501. The molecule has 0 aliphatic heterocycles. The van der Waals surface area contributed by atoms with Gasteiger partial charge in [0.15, 0.2) is 0 Å². The Morgan fingerprint density at radius 1 is 1.30 bits per heavy atom. The zero-order valence-electron chi connectivity index (χ0n) is 5.82. The molecule has 54 valence electrons. The lowest BCUT2D eigenvalue weighted by atomic mass is 10.1. The first-order valence-corrected chi connectivity index (χ1v) is 3.19. The van der Waals surface area contributed by atoms with Gasteiger partial charge in [-0.3, -0.25) is 5.26 Å². The van der Waals surface area contributed by atoms with Crippen molar-refractivity contribution in [3.63, 3.8) is 0 Å². The molecule has 2 nitrogen and oxygen atoms in total. The molecule has 1 rings (SSSR count). The van der Waals surface area contributed by atoms with E-state index in [1.807, 2.05) is 30.3 Å². The number of rotatable bonds is 2. The average molecular weight is 138 g/mol. The van der Waals surface area contributed by atoms with E-state index >= 15 is 0 Å². The first-order chi connectivity index (χ1) is 4.84. The van der Waals surface area contributed by atoms with Crippen LogP contribution in [0.4, 0.5) is 0 Å². The van der Waals surface area contributed by atoms with Crippen LogP contribution < -0.4 is 0 Å². The van der Waals surface area contributed by atoms with E-state index in [9.17, 15) is 0 Å². The molecular formula is C8H10O2. The molecule has 1 atom stereocenters. The van der Waals surface area contributed by atoms with Gasteiger partial charge in [0.05, 0.1) is 0 Å². The maximum absolute atomic E-state index is 8.29. The maximum Gasteiger partial charge on any atom is 0.115 e. The second kappa shape index (κ2) is 3.34. The van der Waals surface area contributed by atoms with Gasteiger partial charge in [-0.05, 0) is 12.5 Å². The summed E-state index contributed by atoms with van der Waals surface area (Å²) in [6.45, 7) is 1.79. The molecule has 0 fully saturated rings. The van der Waals surface area contributed by atoms with E-state index in [4.69, 9.17) is 5.26 Å². The lowest BCUT2D eigenvalue weighted by Gasteiger charge is -2.05. The van der Waals surface area contributed by atoms with E-state index in [0.717, 1.165) is 5.56 Å². The normalized spacial score (nSPS) is 13.0. The van der Waals surface area contributed by atoms with Crippen LogP contribution in [0.2, 0.25) is 0 Å². The molecule has 0 bridgehead atoms. The highest BCUT2D eigenvalue weighted by molar-refractivity contribution is 5.16. The largest absolute Gasteiger partial charge is 0.251 e. The summed E-state index contributed by atoms with van der Waals surface area (Å²) in [5, 5.41) is 8.29. The van der Waals surface area contributed by atoms with Crippen molar-refractivity contribution in [2.75, 3.05) is 0 Å². The van der Waals surface area contributed by atoms with Gasteiger partial charge in [0.2, 0.25) is 0 Å². The third kappa shape index (κ3) is 1.56. The molecule has 0 saturated heterocycles. The second-order valence-electron chi connectivity index (χ2n) is 2.16. The molecule has 10 heavy (non-hydrogen) atoms. The molecule has 1 aromatic rings. The van der Waals surface area contributed by atoms with Crippen LogP contribution in [0, 0.1) is 0 Å². The zero-order valence-corrected chi connectivity index (χ0v) is 5.82. The number of hydrogen-bond acceptors (Lipinski definition) is 2. The van der Waals surface area contributed by atoms with Gasteiger partial charge in [0, 0.05) is 0 Å². The third-order valence-corrected chi connectivity index (χ3v) is 1.43. The fourth-order valence-corrected chi connectivity index (χ4v) is 0.785. The summed E-state index contributed by atoms with van der Waals surface area (Å²) in [5.74, 6) is 0. The first kappa shape index (κ1) is 7.25. The molecule has 0 aromatic heterocycles. The molecule has 0 aliphatic carbocycles. The van der Waals surface area contributed by atoms with Crippen molar-refractivity contribution in [2.24, 2.45) is 0 Å². The minimum atomic E-state index is -0.235. The van der Waals surface area contributed by atoms with Gasteiger partial charge in [-0.25, -0.2) is 4.89 Å². The average Bonchev–Trinajstić information content (AvgIpc) is 2.05. The summed E-state index contributed by atoms with van der Waals surface area (Å²) in [5.41, 5.74) is 0.977. The van der Waals surface area contributed by atoms with Crippen LogP contribution in [0.25, 0.3) is 0 Å². The summed E-state index contributed by atoms with van der Waals surface area (Å²) in [4.78, 5) is 4.14. The van der Waals surface area contributed by atoms with E-state index in [2.05, 4.69) is 4.89 Å². The lowest BCUT2D eigenvalue weighted by molar-refractivity contribution is -0.277. The Bertz CT molecular complexity index is 184. The highest BCUT2D eigenvalue weighted by Gasteiger charge is 2.01. The van der Waals surface area contributed by atoms with Crippen molar-refractivity contribution in [2.45, 2.75) is 13.0 Å². The van der Waals surface area contributed by atoms with Crippen molar-refractivity contribution < 1.29 is 10.1 Å². The molecule has 0 saturated carbocycles. The van der Waals surface area contributed by atoms with Gasteiger partial charge >= 0.3 is 0 Å². The van der Waals surface area contributed by atoms with E-state index < -0.39 is 0 Å². The van der Waals surface area contributed by atoms with Gasteiger partial charge < -0.3 is 0 Å². The first-order valence-electron chi connectivity index (χ1n) is 3.19. The second-order valence-corrected chi connectivity index (χ2v) is 2.16. The molecule has 0 spiro atoms. The third-order valence-electron chi connectivity index (χ3n) is 1.43. The van der Waals surface area contributed by atoms with Crippen molar-refractivity contribution in [3.8, 4) is 0 Å². The summed E-state index contributed by atoms with van der Waals surface area (Å²) >= 11 is 0. The van der Waals surface area contributed by atoms with Gasteiger partial charge in [-0.2, -0.15) is 0 Å². The highest BCUT2D eigenvalue weighted by atomic mass is 17.1. The molecule has 0 amide bonds. The van der Waals surface area contributed by atoms with E-state index in [1.54, 1.807) is 6.92 Å². The van der Waals surface area contributed by atoms with Crippen LogP contribution in [0.3, 0.4) is 0 Å². The molecule has 1 unspecified atom stereocenters. The maximum atomic E-state index is 8.29. The minimum Gasteiger partial charge on any atom is -0.251 e. The topological polar surface area (TPSA) is 29.5 Å². The van der Waals surface area contributed by atoms with Gasteiger partial charge in [-0.15, -0.1) is 0 Å². The minimum absolute atomic E-state index is 0.235. The summed E-state index contributed by atoms with van der Waals surface area (Å²) in [7, 11) is 0. The summed E-state index contributed by atoms with van der Waals surface area (Å²) in [6.07, 6.45) is -0.235. The number of benzene rings is 1. The van der Waals surface area contributed by atoms with Crippen molar-refractivity contribution in [1.82, 2.24) is 0 Å². The number of hydrogen-bond donors (Lipinski definition) is 1. The molecular weight excluding hydrogens is 128 g/mol. The Hall–Kier alpha value is -0.860. The van der Waals surface area contributed by atoms with E-state index in [1.165, 1.54) is 0 Å². The highest BCUT2D eigenvalue weighted by Crippen LogP contribution is 2.13. The van der Waals surface area contributed by atoms with Crippen LogP contribution in [-0.2, 0) is 4.89 Å². The van der Waals surface area contributed by atoms with Crippen molar-refractivity contribution in [1.29, 1.82) is 0 Å². The predicted molar refractivity (Wildman–Crippen MR) is 38.6 cm³/mol. The van der Waals surface area contributed by atoms with Crippen LogP contribution in [0.5, 0.6) is 0 Å². The van der Waals surface area contributed by atoms with Gasteiger partial charge in [0.25, 0.3) is 0 Å². The van der Waals surface area contributed by atoms with Crippen molar-refractivity contribution in [3.05, 3.63) is 35.9 Å². The Balaban J connectivity index is 2.75. The smallest absolute Gasteiger partial charge is 0.115 e. The van der Waals surface area contributed by atoms with E-state index in [-0.39, 0.29) is 6.10 Å². The zero-order chi connectivity index (χ0) is 7.40. The Labute approximate surface area is 60.0 Å². The summed E-state index contributed by atoms with van der Waals surface area (Å²) in [6, 6.07) is 9.55. The van der Waals surface area contributed by atoms with Crippen LogP contribution in [0.1, 0.15) is 18.6 Å². The molecule has 1 aromatic carbocycles. The monoisotopic (exact) mass is 138 g/mol. The van der Waals surface area contributed by atoms with Gasteiger partial charge in [-0.1, -0.05) is 30.3 Å². The van der Waals surface area contributed by atoms with Gasteiger partial charge in [0.1, 0.15) is 6.10 Å². The SMILES string of the molecule is CC(OO)c1ccccc1. The fourth-order valence-electron chi connectivity index (χ4n) is 0.785. The van der Waals surface area contributed by atoms with E-state index in [0.29, 0.717) is 0 Å². The summed E-state index contributed by atoms with van der Waals surface area (Å²) < 4.78 is 0. The fraction of sp³-hybridized carbons (Fsp3) is 0.250. The van der Waals surface area contributed by atoms with Crippen molar-refractivity contribution >= 4 is 0 Å². The molecule has 0 heterocycles.